The second-order valence-corrected chi connectivity index (χ2v) is 4.97. The van der Waals surface area contributed by atoms with E-state index < -0.39 is 0 Å². The van der Waals surface area contributed by atoms with Gasteiger partial charge in [0.2, 0.25) is 0 Å². The van der Waals surface area contributed by atoms with Crippen molar-refractivity contribution in [1.82, 2.24) is 5.32 Å². The van der Waals surface area contributed by atoms with Crippen LogP contribution in [0.3, 0.4) is 0 Å². The Kier molecular flexibility index (Phi) is 9.12. The summed E-state index contributed by atoms with van der Waals surface area (Å²) >= 11 is 0. The molecular formula is C13H29NO. The maximum Gasteiger partial charge on any atom is 0.0590 e. The normalized spacial score (nSPS) is 12.0. The molecule has 0 aromatic heterocycles. The Morgan fingerprint density at radius 1 is 1.00 bits per heavy atom. The number of hydrogen-bond acceptors (Lipinski definition) is 2. The van der Waals surface area contributed by atoms with Gasteiger partial charge in [0.15, 0.2) is 0 Å². The predicted octanol–water partition coefficient (Wildman–Crippen LogP) is 2.93. The first-order chi connectivity index (χ1) is 7.09. The van der Waals surface area contributed by atoms with Gasteiger partial charge in [-0.15, -0.1) is 0 Å². The first-order valence-electron chi connectivity index (χ1n) is 6.38. The van der Waals surface area contributed by atoms with E-state index in [0.717, 1.165) is 50.5 Å². The summed E-state index contributed by atoms with van der Waals surface area (Å²) < 4.78 is 5.42. The van der Waals surface area contributed by atoms with E-state index in [2.05, 4.69) is 39.9 Å². The van der Waals surface area contributed by atoms with E-state index in [1.165, 1.54) is 0 Å². The summed E-state index contributed by atoms with van der Waals surface area (Å²) in [5, 5.41) is 3.48. The average molecular weight is 215 g/mol. The molecule has 0 aromatic carbocycles. The molecule has 0 aromatic rings. The van der Waals surface area contributed by atoms with E-state index in [9.17, 15) is 0 Å². The first-order valence-corrected chi connectivity index (χ1v) is 6.38. The molecule has 0 aliphatic rings. The monoisotopic (exact) mass is 215 g/mol. The summed E-state index contributed by atoms with van der Waals surface area (Å²) in [4.78, 5) is 0. The smallest absolute Gasteiger partial charge is 0.0590 e. The largest absolute Gasteiger partial charge is 0.380 e. The third-order valence-corrected chi connectivity index (χ3v) is 2.86. The van der Waals surface area contributed by atoms with E-state index in [1.54, 1.807) is 0 Å². The molecule has 0 fully saturated rings. The maximum atomic E-state index is 5.42. The molecule has 0 aliphatic heterocycles. The lowest BCUT2D eigenvalue weighted by molar-refractivity contribution is 0.133. The molecule has 92 valence electrons. The molecule has 0 heterocycles. The maximum absolute atomic E-state index is 5.42. The van der Waals surface area contributed by atoms with Gasteiger partial charge in [-0.3, -0.25) is 0 Å². The van der Waals surface area contributed by atoms with Gasteiger partial charge in [-0.1, -0.05) is 34.6 Å². The lowest BCUT2D eigenvalue weighted by Crippen LogP contribution is -2.31. The van der Waals surface area contributed by atoms with Crippen LogP contribution in [0.25, 0.3) is 0 Å². The minimum absolute atomic E-state index is 0.758. The molecule has 2 nitrogen and oxygen atoms in total. The SMILES string of the molecule is CCCOCCNCC(C(C)C)C(C)C. The molecule has 0 radical (unpaired) electrons. The van der Waals surface area contributed by atoms with E-state index >= 15 is 0 Å². The molecule has 0 unspecified atom stereocenters. The van der Waals surface area contributed by atoms with Crippen molar-refractivity contribution in [3.63, 3.8) is 0 Å². The van der Waals surface area contributed by atoms with Crippen LogP contribution < -0.4 is 5.32 Å². The molecule has 0 amide bonds. The molecule has 0 spiro atoms. The quantitative estimate of drug-likeness (QED) is 0.597. The number of hydrogen-bond donors (Lipinski definition) is 1. The fourth-order valence-electron chi connectivity index (χ4n) is 1.90. The van der Waals surface area contributed by atoms with Crippen molar-refractivity contribution in [3.8, 4) is 0 Å². The second kappa shape index (κ2) is 9.17. The molecule has 0 saturated heterocycles. The number of rotatable bonds is 9. The molecule has 0 aliphatic carbocycles. The summed E-state index contributed by atoms with van der Waals surface area (Å²) in [6.45, 7) is 15.2. The van der Waals surface area contributed by atoms with E-state index in [1.807, 2.05) is 0 Å². The Morgan fingerprint density at radius 3 is 2.07 bits per heavy atom. The van der Waals surface area contributed by atoms with Crippen LogP contribution in [0.2, 0.25) is 0 Å². The van der Waals surface area contributed by atoms with Gasteiger partial charge < -0.3 is 10.1 Å². The lowest BCUT2D eigenvalue weighted by Gasteiger charge is -2.25. The Hall–Kier alpha value is -0.0800. The van der Waals surface area contributed by atoms with Gasteiger partial charge in [0.1, 0.15) is 0 Å². The van der Waals surface area contributed by atoms with E-state index in [-0.39, 0.29) is 0 Å². The topological polar surface area (TPSA) is 21.3 Å². The zero-order chi connectivity index (χ0) is 11.7. The van der Waals surface area contributed by atoms with Crippen molar-refractivity contribution < 1.29 is 4.74 Å². The van der Waals surface area contributed by atoms with Crippen LogP contribution in [0, 0.1) is 17.8 Å². The van der Waals surface area contributed by atoms with Crippen molar-refractivity contribution in [3.05, 3.63) is 0 Å². The van der Waals surface area contributed by atoms with Gasteiger partial charge in [-0.25, -0.2) is 0 Å². The Labute approximate surface area is 95.8 Å². The summed E-state index contributed by atoms with van der Waals surface area (Å²) in [6, 6.07) is 0. The van der Waals surface area contributed by atoms with Crippen molar-refractivity contribution in [2.75, 3.05) is 26.3 Å². The first kappa shape index (κ1) is 14.9. The zero-order valence-corrected chi connectivity index (χ0v) is 11.2. The highest BCUT2D eigenvalue weighted by atomic mass is 16.5. The van der Waals surface area contributed by atoms with E-state index in [0.29, 0.717) is 0 Å². The van der Waals surface area contributed by atoms with Crippen molar-refractivity contribution in [2.45, 2.75) is 41.0 Å². The van der Waals surface area contributed by atoms with Crippen LogP contribution in [0.5, 0.6) is 0 Å². The average Bonchev–Trinajstić information content (AvgIpc) is 2.15. The molecule has 0 atom stereocenters. The van der Waals surface area contributed by atoms with Gasteiger partial charge in [-0.05, 0) is 30.7 Å². The van der Waals surface area contributed by atoms with Gasteiger partial charge in [-0.2, -0.15) is 0 Å². The summed E-state index contributed by atoms with van der Waals surface area (Å²) in [7, 11) is 0. The van der Waals surface area contributed by atoms with Crippen molar-refractivity contribution in [1.29, 1.82) is 0 Å². The number of ether oxygens (including phenoxy) is 1. The summed E-state index contributed by atoms with van der Waals surface area (Å²) in [6.07, 6.45) is 1.11. The van der Waals surface area contributed by atoms with Crippen LogP contribution in [0.4, 0.5) is 0 Å². The van der Waals surface area contributed by atoms with Crippen LogP contribution in [0.1, 0.15) is 41.0 Å². The van der Waals surface area contributed by atoms with Gasteiger partial charge >= 0.3 is 0 Å². The van der Waals surface area contributed by atoms with Crippen LogP contribution >= 0.6 is 0 Å². The minimum atomic E-state index is 0.758. The zero-order valence-electron chi connectivity index (χ0n) is 11.2. The Morgan fingerprint density at radius 2 is 1.60 bits per heavy atom. The molecule has 0 rings (SSSR count). The highest BCUT2D eigenvalue weighted by Gasteiger charge is 2.16. The fourth-order valence-corrected chi connectivity index (χ4v) is 1.90. The van der Waals surface area contributed by atoms with Gasteiger partial charge in [0, 0.05) is 13.2 Å². The Balaban J connectivity index is 3.46. The van der Waals surface area contributed by atoms with Gasteiger partial charge in [0.25, 0.3) is 0 Å². The highest BCUT2D eigenvalue weighted by molar-refractivity contribution is 4.69. The fraction of sp³-hybridized carbons (Fsp3) is 1.00. The summed E-state index contributed by atoms with van der Waals surface area (Å²) in [5.74, 6) is 2.29. The summed E-state index contributed by atoms with van der Waals surface area (Å²) in [5.41, 5.74) is 0. The van der Waals surface area contributed by atoms with Crippen LogP contribution in [-0.2, 0) is 4.74 Å². The van der Waals surface area contributed by atoms with Crippen LogP contribution in [-0.4, -0.2) is 26.3 Å². The predicted molar refractivity (Wildman–Crippen MR) is 67.1 cm³/mol. The lowest BCUT2D eigenvalue weighted by atomic mass is 9.85. The standard InChI is InChI=1S/C13H29NO/c1-6-8-15-9-7-14-10-13(11(2)3)12(4)5/h11-14H,6-10H2,1-5H3. The molecule has 1 N–H and O–H groups in total. The van der Waals surface area contributed by atoms with Crippen molar-refractivity contribution in [2.24, 2.45) is 17.8 Å². The molecule has 15 heavy (non-hydrogen) atoms. The van der Waals surface area contributed by atoms with Crippen molar-refractivity contribution >= 4 is 0 Å². The molecule has 0 bridgehead atoms. The molecule has 2 heteroatoms. The third kappa shape index (κ3) is 7.80. The van der Waals surface area contributed by atoms with Crippen LogP contribution in [0.15, 0.2) is 0 Å². The van der Waals surface area contributed by atoms with E-state index in [4.69, 9.17) is 4.74 Å². The number of nitrogens with one attached hydrogen (secondary N) is 1. The Bertz CT molecular complexity index is 126. The third-order valence-electron chi connectivity index (χ3n) is 2.86. The van der Waals surface area contributed by atoms with Gasteiger partial charge in [0.05, 0.1) is 6.61 Å². The molecule has 0 saturated carbocycles. The minimum Gasteiger partial charge on any atom is -0.380 e. The second-order valence-electron chi connectivity index (χ2n) is 4.97. The highest BCUT2D eigenvalue weighted by Crippen LogP contribution is 2.19. The molecular weight excluding hydrogens is 186 g/mol.